The molecule has 4 N–H and O–H groups in total. The predicted octanol–water partition coefficient (Wildman–Crippen LogP) is 5.40. The molecule has 3 unspecified atom stereocenters. The molecule has 5 nitrogen and oxygen atoms in total. The minimum absolute atomic E-state index is 0.0106. The Bertz CT molecular complexity index is 1440. The number of fused-ring (bicyclic) bond motifs is 6. The molecular formula is C33H41BF2N2O3. The highest BCUT2D eigenvalue weighted by Gasteiger charge is 2.67. The molecule has 6 rings (SSSR count). The average Bonchev–Trinajstić information content (AvgIpc) is 3.44. The zero-order valence-corrected chi connectivity index (χ0v) is 24.1. The van der Waals surface area contributed by atoms with Crippen LogP contribution >= 0.6 is 0 Å². The molecule has 1 amide bonds. The molecule has 2 aromatic carbocycles. The van der Waals surface area contributed by atoms with Crippen LogP contribution in [0.1, 0.15) is 80.0 Å². The van der Waals surface area contributed by atoms with Crippen LogP contribution in [0.3, 0.4) is 0 Å². The van der Waals surface area contributed by atoms with Gasteiger partial charge in [0.1, 0.15) is 0 Å². The van der Waals surface area contributed by atoms with E-state index in [0.717, 1.165) is 36.8 Å². The number of aromatic nitrogens is 1. The van der Waals surface area contributed by atoms with Crippen molar-refractivity contribution in [3.63, 3.8) is 0 Å². The van der Waals surface area contributed by atoms with E-state index in [4.69, 9.17) is 0 Å². The Kier molecular flexibility index (Phi) is 7.52. The number of hydrogen-bond acceptors (Lipinski definition) is 3. The third-order valence-corrected chi connectivity index (χ3v) is 10.9. The van der Waals surface area contributed by atoms with E-state index in [1.807, 2.05) is 31.3 Å². The molecule has 5 atom stereocenters. The van der Waals surface area contributed by atoms with Gasteiger partial charge in [0.25, 0.3) is 5.92 Å². The summed E-state index contributed by atoms with van der Waals surface area (Å²) in [5.74, 6) is -2.44. The van der Waals surface area contributed by atoms with Crippen molar-refractivity contribution in [3.8, 4) is 0 Å². The number of carbonyl (C=O) groups is 1. The summed E-state index contributed by atoms with van der Waals surface area (Å²) < 4.78 is 31.2. The lowest BCUT2D eigenvalue weighted by Gasteiger charge is -2.51. The van der Waals surface area contributed by atoms with Gasteiger partial charge in [-0.15, -0.1) is 0 Å². The maximum atomic E-state index is 15.6. The zero-order chi connectivity index (χ0) is 28.9. The summed E-state index contributed by atoms with van der Waals surface area (Å²) >= 11 is 0. The number of para-hydroxylation sites is 1. The predicted molar refractivity (Wildman–Crippen MR) is 158 cm³/mol. The molecule has 2 saturated carbocycles. The summed E-state index contributed by atoms with van der Waals surface area (Å²) in [5.41, 5.74) is 5.33. The summed E-state index contributed by atoms with van der Waals surface area (Å²) in [6, 6.07) is 11.9. The van der Waals surface area contributed by atoms with Gasteiger partial charge in [-0.3, -0.25) is 4.79 Å². The minimum atomic E-state index is -2.70. The summed E-state index contributed by atoms with van der Waals surface area (Å²) in [6.07, 6.45) is 7.18. The molecule has 1 heterocycles. The van der Waals surface area contributed by atoms with Gasteiger partial charge in [0.05, 0.1) is 0 Å². The molecule has 3 aliphatic carbocycles. The number of aryl methyl sites for hydroxylation is 2. The maximum absolute atomic E-state index is 15.6. The molecule has 8 heteroatoms. The van der Waals surface area contributed by atoms with E-state index in [2.05, 4.69) is 29.4 Å². The Morgan fingerprint density at radius 1 is 1.20 bits per heavy atom. The Balaban J connectivity index is 1.07. The van der Waals surface area contributed by atoms with Crippen molar-refractivity contribution in [1.29, 1.82) is 0 Å². The largest absolute Gasteiger partial charge is 0.488 e. The van der Waals surface area contributed by atoms with Gasteiger partial charge in [-0.05, 0) is 103 Å². The number of alkyl halides is 2. The lowest BCUT2D eigenvalue weighted by Crippen LogP contribution is -2.47. The van der Waals surface area contributed by atoms with Crippen LogP contribution in [-0.2, 0) is 17.6 Å². The lowest BCUT2D eigenvalue weighted by molar-refractivity contribution is -0.133. The molecule has 0 aliphatic heterocycles. The molecule has 0 spiro atoms. The summed E-state index contributed by atoms with van der Waals surface area (Å²) in [7, 11) is -1.50. The number of H-pyrrole nitrogens is 1. The molecule has 218 valence electrons. The second-order valence-corrected chi connectivity index (χ2v) is 13.1. The molecular weight excluding hydrogens is 521 g/mol. The third kappa shape index (κ3) is 5.01. The molecule has 3 aliphatic rings. The highest BCUT2D eigenvalue weighted by Crippen LogP contribution is 2.68. The van der Waals surface area contributed by atoms with Gasteiger partial charge in [0.15, 0.2) is 0 Å². The van der Waals surface area contributed by atoms with E-state index in [9.17, 15) is 14.8 Å². The number of halogens is 2. The van der Waals surface area contributed by atoms with Crippen LogP contribution < -0.4 is 10.8 Å². The van der Waals surface area contributed by atoms with Crippen molar-refractivity contribution in [2.24, 2.45) is 23.2 Å². The van der Waals surface area contributed by atoms with E-state index in [1.165, 1.54) is 22.1 Å². The van der Waals surface area contributed by atoms with Gasteiger partial charge in [-0.2, -0.15) is 0 Å². The molecule has 2 fully saturated rings. The molecule has 1 aromatic heterocycles. The van der Waals surface area contributed by atoms with Crippen molar-refractivity contribution in [3.05, 3.63) is 64.8 Å². The fourth-order valence-electron chi connectivity index (χ4n) is 8.80. The normalized spacial score (nSPS) is 28.1. The SMILES string of the molecule is Cc1cccc2c(CCNC(=O)CCC[C@H]3CC(F)(F)[C@@]4(C)CCC5c6ccc(B(O)O)cc6CCC5C34)c[nH]c12. The first-order valence-electron chi connectivity index (χ1n) is 15.3. The highest BCUT2D eigenvalue weighted by atomic mass is 19.3. The van der Waals surface area contributed by atoms with E-state index in [-0.39, 0.29) is 36.0 Å². The van der Waals surface area contributed by atoms with E-state index < -0.39 is 18.5 Å². The number of amides is 1. The van der Waals surface area contributed by atoms with Crippen LogP contribution in [-0.4, -0.2) is 40.5 Å². The standard InChI is InChI=1S/C33H41BF2N2O3/c1-20-5-3-7-26-23(19-38-31(20)26)14-16-37-29(39)8-4-6-22-18-33(35,36)32(2)15-13-27-25-12-10-24(34(40)41)17-21(25)9-11-28(27)30(22)32/h3,5,7,10,12,17,19,22,27-28,30,38,40-41H,4,6,8-9,11,13-16,18H2,1-2H3,(H,37,39)/t22-,27?,28?,30?,32-/m0/s1. The molecule has 0 bridgehead atoms. The zero-order valence-electron chi connectivity index (χ0n) is 24.1. The first-order valence-corrected chi connectivity index (χ1v) is 15.3. The van der Waals surface area contributed by atoms with Gasteiger partial charge in [-0.25, -0.2) is 8.78 Å². The van der Waals surface area contributed by atoms with Crippen molar-refractivity contribution >= 4 is 29.4 Å². The van der Waals surface area contributed by atoms with E-state index in [1.54, 1.807) is 6.07 Å². The fraction of sp³-hybridized carbons (Fsp3) is 0.545. The Hall–Kier alpha value is -2.71. The van der Waals surface area contributed by atoms with Crippen LogP contribution in [0, 0.1) is 30.1 Å². The number of benzene rings is 2. The monoisotopic (exact) mass is 562 g/mol. The first-order chi connectivity index (χ1) is 19.6. The van der Waals surface area contributed by atoms with Crippen LogP contribution in [0.5, 0.6) is 0 Å². The highest BCUT2D eigenvalue weighted by molar-refractivity contribution is 6.58. The topological polar surface area (TPSA) is 85.3 Å². The van der Waals surface area contributed by atoms with Gasteiger partial charge in [-0.1, -0.05) is 43.3 Å². The van der Waals surface area contributed by atoms with Crippen molar-refractivity contribution < 1.29 is 23.6 Å². The quantitative estimate of drug-likeness (QED) is 0.278. The number of carbonyl (C=O) groups excluding carboxylic acids is 1. The summed E-state index contributed by atoms with van der Waals surface area (Å²) in [5, 5.41) is 23.4. The molecule has 0 saturated heterocycles. The number of rotatable bonds is 8. The summed E-state index contributed by atoms with van der Waals surface area (Å²) in [4.78, 5) is 16.0. The first kappa shape index (κ1) is 28.4. The smallest absolute Gasteiger partial charge is 0.423 e. The van der Waals surface area contributed by atoms with Crippen LogP contribution in [0.25, 0.3) is 10.9 Å². The molecule has 41 heavy (non-hydrogen) atoms. The second-order valence-electron chi connectivity index (χ2n) is 13.1. The fourth-order valence-corrected chi connectivity index (χ4v) is 8.80. The average molecular weight is 563 g/mol. The Labute approximate surface area is 241 Å². The molecule has 3 aromatic rings. The number of nitrogens with one attached hydrogen (secondary N) is 2. The van der Waals surface area contributed by atoms with Gasteiger partial charge < -0.3 is 20.3 Å². The maximum Gasteiger partial charge on any atom is 0.488 e. The number of hydrogen-bond donors (Lipinski definition) is 4. The lowest BCUT2D eigenvalue weighted by atomic mass is 9.53. The minimum Gasteiger partial charge on any atom is -0.423 e. The number of aromatic amines is 1. The van der Waals surface area contributed by atoms with Crippen LogP contribution in [0.15, 0.2) is 42.6 Å². The van der Waals surface area contributed by atoms with Gasteiger partial charge in [0, 0.05) is 41.9 Å². The van der Waals surface area contributed by atoms with Crippen molar-refractivity contribution in [2.75, 3.05) is 6.54 Å². The summed E-state index contributed by atoms with van der Waals surface area (Å²) in [6.45, 7) is 4.45. The Morgan fingerprint density at radius 3 is 2.83 bits per heavy atom. The van der Waals surface area contributed by atoms with Crippen molar-refractivity contribution in [2.45, 2.75) is 83.5 Å². The third-order valence-electron chi connectivity index (χ3n) is 10.9. The van der Waals surface area contributed by atoms with E-state index >= 15 is 8.78 Å². The van der Waals surface area contributed by atoms with Gasteiger partial charge in [0.2, 0.25) is 5.91 Å². The van der Waals surface area contributed by atoms with Crippen LogP contribution in [0.4, 0.5) is 8.78 Å². The second kappa shape index (κ2) is 10.8. The Morgan fingerprint density at radius 2 is 2.02 bits per heavy atom. The van der Waals surface area contributed by atoms with Crippen molar-refractivity contribution in [1.82, 2.24) is 10.3 Å². The van der Waals surface area contributed by atoms with E-state index in [0.29, 0.717) is 37.7 Å². The van der Waals surface area contributed by atoms with Gasteiger partial charge >= 0.3 is 7.12 Å². The molecule has 0 radical (unpaired) electrons. The van der Waals surface area contributed by atoms with Crippen LogP contribution in [0.2, 0.25) is 0 Å².